The smallest absolute Gasteiger partial charge is 0.277 e. The fourth-order valence-electron chi connectivity index (χ4n) is 1.11. The minimum absolute atomic E-state index is 0.264. The number of aliphatic hydroxyl groups is 1. The van der Waals surface area contributed by atoms with E-state index in [1.807, 2.05) is 5.32 Å². The van der Waals surface area contributed by atoms with Crippen LogP contribution in [-0.4, -0.2) is 27.6 Å². The number of hydrogen-bond donors (Lipinski definition) is 2. The summed E-state index contributed by atoms with van der Waals surface area (Å²) in [4.78, 5) is 30.6. The monoisotopic (exact) mass is 241 g/mol. The van der Waals surface area contributed by atoms with Crippen molar-refractivity contribution in [1.82, 2.24) is 5.32 Å². The first kappa shape index (κ1) is 12.5. The van der Waals surface area contributed by atoms with E-state index in [0.29, 0.717) is 0 Å². The van der Waals surface area contributed by atoms with E-state index in [1.165, 1.54) is 0 Å². The zero-order valence-electron chi connectivity index (χ0n) is 8.32. The zero-order valence-corrected chi connectivity index (χ0v) is 8.32. The Bertz CT molecular complexity index is 454. The molecule has 0 atom stereocenters. The molecule has 0 aliphatic heterocycles. The average Bonchev–Trinajstić information content (AvgIpc) is 2.28. The van der Waals surface area contributed by atoms with Crippen molar-refractivity contribution in [2.75, 3.05) is 6.73 Å². The maximum Gasteiger partial charge on any atom is 0.277 e. The van der Waals surface area contributed by atoms with Gasteiger partial charge in [0.15, 0.2) is 0 Å². The molecule has 0 saturated heterocycles. The van der Waals surface area contributed by atoms with Crippen LogP contribution in [0, 0.1) is 20.2 Å². The summed E-state index contributed by atoms with van der Waals surface area (Å²) in [5.74, 6) is -0.834. The SMILES string of the molecule is O=C(NCO)c1cc([N+](=O)[O-])cc([N+](=O)[O-])c1. The van der Waals surface area contributed by atoms with Gasteiger partial charge in [-0.3, -0.25) is 25.0 Å². The number of nitro benzene ring substituents is 2. The summed E-state index contributed by atoms with van der Waals surface area (Å²) in [6, 6.07) is 2.52. The Balaban J connectivity index is 3.26. The molecule has 90 valence electrons. The highest BCUT2D eigenvalue weighted by Gasteiger charge is 2.19. The number of non-ortho nitro benzene ring substituents is 2. The van der Waals surface area contributed by atoms with E-state index in [9.17, 15) is 25.0 Å². The Morgan fingerprint density at radius 3 is 2.00 bits per heavy atom. The molecule has 1 rings (SSSR count). The van der Waals surface area contributed by atoms with E-state index in [4.69, 9.17) is 5.11 Å². The second-order valence-corrected chi connectivity index (χ2v) is 2.92. The van der Waals surface area contributed by atoms with Gasteiger partial charge < -0.3 is 10.4 Å². The summed E-state index contributed by atoms with van der Waals surface area (Å²) in [5, 5.41) is 31.4. The molecule has 17 heavy (non-hydrogen) atoms. The van der Waals surface area contributed by atoms with E-state index in [-0.39, 0.29) is 5.56 Å². The summed E-state index contributed by atoms with van der Waals surface area (Å²) >= 11 is 0. The van der Waals surface area contributed by atoms with Crippen LogP contribution in [0.4, 0.5) is 11.4 Å². The first-order valence-electron chi connectivity index (χ1n) is 4.28. The number of benzene rings is 1. The quantitative estimate of drug-likeness (QED) is 0.438. The summed E-state index contributed by atoms with van der Waals surface area (Å²) in [6.07, 6.45) is 0. The van der Waals surface area contributed by atoms with Crippen LogP contribution in [0.15, 0.2) is 18.2 Å². The molecule has 0 aliphatic rings. The first-order valence-corrected chi connectivity index (χ1v) is 4.28. The number of amides is 1. The van der Waals surface area contributed by atoms with Crippen molar-refractivity contribution in [2.45, 2.75) is 0 Å². The Hall–Kier alpha value is -2.55. The molecule has 9 nitrogen and oxygen atoms in total. The minimum Gasteiger partial charge on any atom is -0.376 e. The van der Waals surface area contributed by atoms with Crippen molar-refractivity contribution in [3.63, 3.8) is 0 Å². The second-order valence-electron chi connectivity index (χ2n) is 2.92. The topological polar surface area (TPSA) is 136 Å². The summed E-state index contributed by atoms with van der Waals surface area (Å²) in [5.41, 5.74) is -1.40. The molecule has 0 radical (unpaired) electrons. The molecule has 0 saturated carbocycles. The number of nitrogens with one attached hydrogen (secondary N) is 1. The Morgan fingerprint density at radius 2 is 1.65 bits per heavy atom. The lowest BCUT2D eigenvalue weighted by atomic mass is 10.1. The van der Waals surface area contributed by atoms with Crippen molar-refractivity contribution in [3.05, 3.63) is 44.0 Å². The fraction of sp³-hybridized carbons (Fsp3) is 0.125. The third kappa shape index (κ3) is 2.95. The van der Waals surface area contributed by atoms with Gasteiger partial charge in [0.25, 0.3) is 17.3 Å². The largest absolute Gasteiger partial charge is 0.376 e. The molecule has 0 heterocycles. The number of carbonyl (C=O) groups excluding carboxylic acids is 1. The highest BCUT2D eigenvalue weighted by Crippen LogP contribution is 2.22. The van der Waals surface area contributed by atoms with E-state index in [2.05, 4.69) is 0 Å². The fourth-order valence-corrected chi connectivity index (χ4v) is 1.11. The molecule has 1 aromatic rings. The predicted molar refractivity (Wildman–Crippen MR) is 54.3 cm³/mol. The molecule has 1 aromatic carbocycles. The number of rotatable bonds is 4. The molecule has 0 spiro atoms. The van der Waals surface area contributed by atoms with E-state index in [0.717, 1.165) is 18.2 Å². The number of carbonyl (C=O) groups is 1. The van der Waals surface area contributed by atoms with Gasteiger partial charge in [-0.1, -0.05) is 0 Å². The van der Waals surface area contributed by atoms with Gasteiger partial charge in [0.1, 0.15) is 6.73 Å². The molecule has 0 aliphatic carbocycles. The highest BCUT2D eigenvalue weighted by molar-refractivity contribution is 5.95. The predicted octanol–water partition coefficient (Wildman–Crippen LogP) is 0.183. The number of hydrogen-bond acceptors (Lipinski definition) is 6. The normalized spacial score (nSPS) is 9.71. The molecular formula is C8H7N3O6. The lowest BCUT2D eigenvalue weighted by molar-refractivity contribution is -0.394. The number of nitrogens with zero attached hydrogens (tertiary/aromatic N) is 2. The van der Waals surface area contributed by atoms with Gasteiger partial charge in [0, 0.05) is 12.1 Å². The molecule has 9 heteroatoms. The summed E-state index contributed by atoms with van der Waals surface area (Å²) in [7, 11) is 0. The van der Waals surface area contributed by atoms with Gasteiger partial charge in [-0.05, 0) is 0 Å². The second kappa shape index (κ2) is 4.99. The number of nitro groups is 2. The van der Waals surface area contributed by atoms with Crippen LogP contribution in [0.3, 0.4) is 0 Å². The maximum absolute atomic E-state index is 11.3. The van der Waals surface area contributed by atoms with Gasteiger partial charge >= 0.3 is 0 Å². The van der Waals surface area contributed by atoms with Gasteiger partial charge in [-0.25, -0.2) is 0 Å². The Labute approximate surface area is 94.0 Å². The third-order valence-corrected chi connectivity index (χ3v) is 1.83. The summed E-state index contributed by atoms with van der Waals surface area (Å²) < 4.78 is 0. The standard InChI is InChI=1S/C8H7N3O6/c12-4-9-8(13)5-1-6(10(14)15)3-7(2-5)11(16)17/h1-3,12H,4H2,(H,9,13). The number of aliphatic hydroxyl groups excluding tert-OH is 1. The minimum atomic E-state index is -0.845. The van der Waals surface area contributed by atoms with Crippen LogP contribution < -0.4 is 5.32 Å². The summed E-state index contributed by atoms with van der Waals surface area (Å²) in [6.45, 7) is -0.671. The Kier molecular flexibility index (Phi) is 3.67. The average molecular weight is 241 g/mol. The zero-order chi connectivity index (χ0) is 13.0. The third-order valence-electron chi connectivity index (χ3n) is 1.83. The lowest BCUT2D eigenvalue weighted by Crippen LogP contribution is -2.24. The van der Waals surface area contributed by atoms with Crippen LogP contribution in [0.25, 0.3) is 0 Å². The molecule has 2 N–H and O–H groups in total. The first-order chi connectivity index (χ1) is 7.95. The van der Waals surface area contributed by atoms with E-state index >= 15 is 0 Å². The van der Waals surface area contributed by atoms with Crippen LogP contribution in [0.5, 0.6) is 0 Å². The maximum atomic E-state index is 11.3. The van der Waals surface area contributed by atoms with Gasteiger partial charge in [0.2, 0.25) is 0 Å². The van der Waals surface area contributed by atoms with Gasteiger partial charge in [-0.15, -0.1) is 0 Å². The molecule has 1 amide bonds. The molecule has 0 unspecified atom stereocenters. The molecule has 0 bridgehead atoms. The van der Waals surface area contributed by atoms with E-state index in [1.54, 1.807) is 0 Å². The molecular weight excluding hydrogens is 234 g/mol. The van der Waals surface area contributed by atoms with Crippen molar-refractivity contribution in [2.24, 2.45) is 0 Å². The molecule has 0 fully saturated rings. The van der Waals surface area contributed by atoms with Gasteiger partial charge in [-0.2, -0.15) is 0 Å². The van der Waals surface area contributed by atoms with Crippen LogP contribution in [0.2, 0.25) is 0 Å². The van der Waals surface area contributed by atoms with Crippen LogP contribution in [0.1, 0.15) is 10.4 Å². The van der Waals surface area contributed by atoms with Crippen molar-refractivity contribution < 1.29 is 19.7 Å². The molecule has 0 aromatic heterocycles. The van der Waals surface area contributed by atoms with Crippen molar-refractivity contribution in [1.29, 1.82) is 0 Å². The lowest BCUT2D eigenvalue weighted by Gasteiger charge is -2.01. The van der Waals surface area contributed by atoms with Gasteiger partial charge in [0.05, 0.1) is 21.5 Å². The highest BCUT2D eigenvalue weighted by atomic mass is 16.6. The van der Waals surface area contributed by atoms with Crippen LogP contribution >= 0.6 is 0 Å². The Morgan fingerprint density at radius 1 is 1.18 bits per heavy atom. The van der Waals surface area contributed by atoms with E-state index < -0.39 is 33.9 Å². The van der Waals surface area contributed by atoms with Crippen LogP contribution in [-0.2, 0) is 0 Å². The van der Waals surface area contributed by atoms with Crippen molar-refractivity contribution in [3.8, 4) is 0 Å². The van der Waals surface area contributed by atoms with Crippen molar-refractivity contribution >= 4 is 17.3 Å².